The van der Waals surface area contributed by atoms with Gasteiger partial charge in [0.25, 0.3) is 5.91 Å². The fourth-order valence-electron chi connectivity index (χ4n) is 5.73. The van der Waals surface area contributed by atoms with E-state index in [-0.39, 0.29) is 22.9 Å². The van der Waals surface area contributed by atoms with Crippen LogP contribution in [0.15, 0.2) is 79.0 Å². The van der Waals surface area contributed by atoms with Gasteiger partial charge in [-0.3, -0.25) is 9.78 Å². The smallest absolute Gasteiger partial charge is 0.504 e. The third-order valence-electron chi connectivity index (χ3n) is 7.86. The lowest BCUT2D eigenvalue weighted by molar-refractivity contribution is -0.286. The Morgan fingerprint density at radius 1 is 0.978 bits per heavy atom. The van der Waals surface area contributed by atoms with Gasteiger partial charge in [-0.15, -0.1) is 8.78 Å². The average molecular weight is 614 g/mol. The molecule has 0 spiro atoms. The van der Waals surface area contributed by atoms with Crippen LogP contribution in [-0.2, 0) is 0 Å². The summed E-state index contributed by atoms with van der Waals surface area (Å²) in [5, 5.41) is 15.3. The van der Waals surface area contributed by atoms with E-state index >= 15 is 0 Å². The zero-order valence-corrected chi connectivity index (χ0v) is 24.1. The first kappa shape index (κ1) is 28.6. The van der Waals surface area contributed by atoms with Crippen molar-refractivity contribution >= 4 is 33.3 Å². The molecular weight excluding hydrogens is 584 g/mol. The molecule has 45 heavy (non-hydrogen) atoms. The Morgan fingerprint density at radius 3 is 2.69 bits per heavy atom. The maximum absolute atomic E-state index is 13.6. The number of aromatic hydroxyl groups is 1. The third kappa shape index (κ3) is 5.99. The van der Waals surface area contributed by atoms with Crippen LogP contribution >= 0.6 is 0 Å². The molecule has 0 aliphatic carbocycles. The number of anilines is 1. The Labute approximate surface area is 256 Å². The highest BCUT2D eigenvalue weighted by atomic mass is 19.3. The number of pyridine rings is 1. The van der Waals surface area contributed by atoms with Crippen molar-refractivity contribution in [2.45, 2.75) is 25.6 Å². The lowest BCUT2D eigenvalue weighted by Gasteiger charge is -2.15. The first-order valence-electron chi connectivity index (χ1n) is 14.7. The second-order valence-electron chi connectivity index (χ2n) is 10.9. The molecule has 4 aromatic carbocycles. The number of amides is 1. The molecule has 9 nitrogen and oxygen atoms in total. The van der Waals surface area contributed by atoms with Gasteiger partial charge in [0.1, 0.15) is 11.5 Å². The standard InChI is InChI=1S/C34H29F2N3O6/c35-34(36)44-30-9-4-8-26(32(30)45-34)38-33(41)24-7-3-6-21-18-22(10-11-23(21)24)43-29-12-13-37-27-20-31(28(40)19-25(27)29)42-17-5-16-39-14-1-2-15-39/h3-4,6-13,18-20,40H,1-2,5,14-17H2,(H,38,41). The molecule has 2 aliphatic rings. The molecular formula is C34H29F2N3O6. The van der Waals surface area contributed by atoms with Crippen molar-refractivity contribution in [3.63, 3.8) is 0 Å². The number of halogens is 2. The van der Waals surface area contributed by atoms with E-state index in [2.05, 4.69) is 24.7 Å². The van der Waals surface area contributed by atoms with Gasteiger partial charge in [0.05, 0.1) is 17.8 Å². The summed E-state index contributed by atoms with van der Waals surface area (Å²) in [5.74, 6) is 0.457. The zero-order chi connectivity index (χ0) is 31.0. The number of aromatic nitrogens is 1. The van der Waals surface area contributed by atoms with E-state index in [1.165, 1.54) is 31.0 Å². The van der Waals surface area contributed by atoms with E-state index in [4.69, 9.17) is 9.47 Å². The van der Waals surface area contributed by atoms with Crippen molar-refractivity contribution in [1.82, 2.24) is 9.88 Å². The summed E-state index contributed by atoms with van der Waals surface area (Å²) >= 11 is 0. The van der Waals surface area contributed by atoms with Crippen LogP contribution in [0, 0.1) is 0 Å². The molecule has 5 aromatic rings. The van der Waals surface area contributed by atoms with E-state index < -0.39 is 12.2 Å². The predicted molar refractivity (Wildman–Crippen MR) is 164 cm³/mol. The molecule has 0 unspecified atom stereocenters. The zero-order valence-electron chi connectivity index (χ0n) is 24.1. The number of nitrogens with one attached hydrogen (secondary N) is 1. The van der Waals surface area contributed by atoms with Crippen LogP contribution < -0.4 is 24.3 Å². The summed E-state index contributed by atoms with van der Waals surface area (Å²) in [6.07, 6.45) is 1.18. The highest BCUT2D eigenvalue weighted by Gasteiger charge is 2.44. The lowest BCUT2D eigenvalue weighted by Crippen LogP contribution is -2.26. The molecule has 1 saturated heterocycles. The van der Waals surface area contributed by atoms with E-state index in [1.807, 2.05) is 6.07 Å². The molecule has 1 fully saturated rings. The van der Waals surface area contributed by atoms with Crippen LogP contribution in [0.3, 0.4) is 0 Å². The van der Waals surface area contributed by atoms with Gasteiger partial charge >= 0.3 is 6.29 Å². The molecule has 3 heterocycles. The summed E-state index contributed by atoms with van der Waals surface area (Å²) in [5.41, 5.74) is 1.00. The van der Waals surface area contributed by atoms with Crippen LogP contribution in [0.25, 0.3) is 21.7 Å². The van der Waals surface area contributed by atoms with Crippen molar-refractivity contribution in [2.75, 3.05) is 31.6 Å². The van der Waals surface area contributed by atoms with Gasteiger partial charge in [-0.25, -0.2) is 0 Å². The van der Waals surface area contributed by atoms with E-state index in [9.17, 15) is 18.7 Å². The normalized spacial score (nSPS) is 15.4. The van der Waals surface area contributed by atoms with Gasteiger partial charge < -0.3 is 34.3 Å². The predicted octanol–water partition coefficient (Wildman–Crippen LogP) is 7.32. The maximum atomic E-state index is 13.6. The molecule has 2 aliphatic heterocycles. The lowest BCUT2D eigenvalue weighted by atomic mass is 10.0. The number of carbonyl (C=O) groups excluding carboxylic acids is 1. The Kier molecular flexibility index (Phi) is 7.46. The number of fused-ring (bicyclic) bond motifs is 3. The molecule has 0 atom stereocenters. The van der Waals surface area contributed by atoms with Gasteiger partial charge in [0.2, 0.25) is 0 Å². The maximum Gasteiger partial charge on any atom is 0.586 e. The number of likely N-dealkylation sites (tertiary alicyclic amines) is 1. The Hall–Kier alpha value is -5.16. The third-order valence-corrected chi connectivity index (χ3v) is 7.86. The Morgan fingerprint density at radius 2 is 1.82 bits per heavy atom. The number of alkyl halides is 2. The minimum Gasteiger partial charge on any atom is -0.504 e. The SMILES string of the molecule is O=C(Nc1cccc2c1OC(F)(F)O2)c1cccc2cc(Oc3ccnc4cc(OCCCN5CCCC5)c(O)cc34)ccc12. The van der Waals surface area contributed by atoms with Gasteiger partial charge in [-0.05, 0) is 91.7 Å². The number of nitrogens with zero attached hydrogens (tertiary/aromatic N) is 2. The Bertz CT molecular complexity index is 1910. The highest BCUT2D eigenvalue weighted by molar-refractivity contribution is 6.13. The van der Waals surface area contributed by atoms with Crippen molar-refractivity contribution in [2.24, 2.45) is 0 Å². The van der Waals surface area contributed by atoms with E-state index in [1.54, 1.807) is 54.7 Å². The number of rotatable bonds is 9. The molecule has 1 amide bonds. The summed E-state index contributed by atoms with van der Waals surface area (Å²) in [7, 11) is 0. The minimum atomic E-state index is -3.80. The number of carbonyl (C=O) groups is 1. The van der Waals surface area contributed by atoms with Crippen molar-refractivity contribution < 1.29 is 37.6 Å². The average Bonchev–Trinajstić information content (AvgIpc) is 3.66. The molecule has 0 saturated carbocycles. The van der Waals surface area contributed by atoms with Crippen molar-refractivity contribution in [1.29, 1.82) is 0 Å². The quantitative estimate of drug-likeness (QED) is 0.167. The molecule has 7 rings (SSSR count). The Balaban J connectivity index is 1.08. The molecule has 0 radical (unpaired) electrons. The van der Waals surface area contributed by atoms with Crippen molar-refractivity contribution in [3.05, 3.63) is 84.6 Å². The summed E-state index contributed by atoms with van der Waals surface area (Å²) in [4.78, 5) is 20.1. The summed E-state index contributed by atoms with van der Waals surface area (Å²) in [6.45, 7) is 3.74. The second-order valence-corrected chi connectivity index (χ2v) is 10.9. The number of hydrogen-bond donors (Lipinski definition) is 2. The molecule has 230 valence electrons. The van der Waals surface area contributed by atoms with Crippen LogP contribution in [0.1, 0.15) is 29.6 Å². The van der Waals surface area contributed by atoms with Gasteiger partial charge in [0.15, 0.2) is 23.0 Å². The van der Waals surface area contributed by atoms with Gasteiger partial charge in [-0.2, -0.15) is 0 Å². The molecule has 2 N–H and O–H groups in total. The van der Waals surface area contributed by atoms with Gasteiger partial charge in [-0.1, -0.05) is 18.2 Å². The second kappa shape index (κ2) is 11.7. The molecule has 11 heteroatoms. The van der Waals surface area contributed by atoms with Crippen LogP contribution in [0.2, 0.25) is 0 Å². The first-order valence-corrected chi connectivity index (χ1v) is 14.7. The fourth-order valence-corrected chi connectivity index (χ4v) is 5.73. The summed E-state index contributed by atoms with van der Waals surface area (Å²) < 4.78 is 48.4. The number of phenols is 1. The van der Waals surface area contributed by atoms with Gasteiger partial charge in [0, 0.05) is 29.8 Å². The van der Waals surface area contributed by atoms with Crippen LogP contribution in [0.4, 0.5) is 14.5 Å². The first-order chi connectivity index (χ1) is 21.8. The largest absolute Gasteiger partial charge is 0.586 e. The van der Waals surface area contributed by atoms with Crippen molar-refractivity contribution in [3.8, 4) is 34.5 Å². The molecule has 1 aromatic heterocycles. The monoisotopic (exact) mass is 613 g/mol. The molecule has 0 bridgehead atoms. The highest BCUT2D eigenvalue weighted by Crippen LogP contribution is 2.46. The number of ether oxygens (including phenoxy) is 4. The van der Waals surface area contributed by atoms with Crippen LogP contribution in [-0.4, -0.2) is 53.4 Å². The number of phenolic OH excluding ortho intramolecular Hbond substituents is 1. The van der Waals surface area contributed by atoms with E-state index in [0.717, 1.165) is 31.4 Å². The topological polar surface area (TPSA) is 102 Å². The minimum absolute atomic E-state index is 0.000397. The number of para-hydroxylation sites is 1. The number of benzene rings is 4. The fraction of sp³-hybridized carbons (Fsp3) is 0.235. The number of hydrogen-bond acceptors (Lipinski definition) is 8. The van der Waals surface area contributed by atoms with Crippen LogP contribution in [0.5, 0.6) is 34.5 Å². The summed E-state index contributed by atoms with van der Waals surface area (Å²) in [6, 6.07) is 19.7. The van der Waals surface area contributed by atoms with E-state index in [0.29, 0.717) is 45.7 Å².